The fourth-order valence-corrected chi connectivity index (χ4v) is 4.84. The molecule has 0 saturated carbocycles. The van der Waals surface area contributed by atoms with Crippen LogP contribution in [0.25, 0.3) is 0 Å². The van der Waals surface area contributed by atoms with Crippen LogP contribution < -0.4 is 9.62 Å². The molecule has 0 radical (unpaired) electrons. The molecule has 2 aromatic rings. The summed E-state index contributed by atoms with van der Waals surface area (Å²) in [6.07, 6.45) is 0. The molecular weight excluding hydrogens is 418 g/mol. The molecule has 0 aliphatic heterocycles. The van der Waals surface area contributed by atoms with E-state index >= 15 is 0 Å². The Morgan fingerprint density at radius 3 is 2.40 bits per heavy atom. The van der Waals surface area contributed by atoms with Gasteiger partial charge >= 0.3 is 10.2 Å². The number of hydrogen-bond donors (Lipinski definition) is 1. The molecule has 6 nitrogen and oxygen atoms in total. The van der Waals surface area contributed by atoms with Crippen LogP contribution in [0.4, 0.5) is 5.69 Å². The first-order valence-electron chi connectivity index (χ1n) is 9.78. The van der Waals surface area contributed by atoms with Crippen molar-refractivity contribution in [3.8, 4) is 0 Å². The van der Waals surface area contributed by atoms with Gasteiger partial charge in [0, 0.05) is 32.1 Å². The maximum absolute atomic E-state index is 12.9. The lowest BCUT2D eigenvalue weighted by molar-refractivity contribution is -0.119. The predicted octanol–water partition coefficient (Wildman–Crippen LogP) is 3.27. The van der Waals surface area contributed by atoms with Gasteiger partial charge in [0.2, 0.25) is 5.91 Å². The van der Waals surface area contributed by atoms with Crippen LogP contribution in [-0.2, 0) is 20.8 Å². The lowest BCUT2D eigenvalue weighted by Crippen LogP contribution is -2.46. The second-order valence-electron chi connectivity index (χ2n) is 7.48. The number of anilines is 1. The van der Waals surface area contributed by atoms with Crippen molar-refractivity contribution in [2.24, 2.45) is 0 Å². The maximum atomic E-state index is 12.9. The monoisotopic (exact) mass is 449 g/mol. The smallest absolute Gasteiger partial charge is 0.304 e. The first kappa shape index (κ1) is 24.2. The van der Waals surface area contributed by atoms with Gasteiger partial charge in [-0.1, -0.05) is 42.0 Å². The Morgan fingerprint density at radius 1 is 1.03 bits per heavy atom. The van der Waals surface area contributed by atoms with Gasteiger partial charge in [0.1, 0.15) is 6.54 Å². The highest BCUT2D eigenvalue weighted by molar-refractivity contribution is 7.98. The van der Waals surface area contributed by atoms with Crippen LogP contribution in [0.15, 0.2) is 42.5 Å². The minimum atomic E-state index is -3.80. The van der Waals surface area contributed by atoms with Crippen LogP contribution in [0, 0.1) is 20.8 Å². The second-order valence-corrected chi connectivity index (χ2v) is 10.7. The van der Waals surface area contributed by atoms with Crippen molar-refractivity contribution >= 4 is 33.6 Å². The van der Waals surface area contributed by atoms with Gasteiger partial charge in [-0.15, -0.1) is 0 Å². The summed E-state index contributed by atoms with van der Waals surface area (Å²) in [5.41, 5.74) is 4.74. The molecule has 8 heteroatoms. The Morgan fingerprint density at radius 2 is 1.73 bits per heavy atom. The maximum Gasteiger partial charge on any atom is 0.304 e. The van der Waals surface area contributed by atoms with Gasteiger partial charge < -0.3 is 5.32 Å². The molecule has 0 atom stereocenters. The van der Waals surface area contributed by atoms with Crippen LogP contribution in [0.2, 0.25) is 0 Å². The van der Waals surface area contributed by atoms with E-state index in [1.165, 1.54) is 29.5 Å². The number of carbonyl (C=O) groups is 1. The zero-order chi connectivity index (χ0) is 22.3. The zero-order valence-electron chi connectivity index (χ0n) is 18.3. The molecule has 0 aliphatic rings. The standard InChI is InChI=1S/C22H31N3O3S2/c1-17-7-6-8-20(13-17)16-29-12-11-23-22(26)15-25(30(27,28)24(4)5)21-14-18(2)9-10-19(21)3/h6-10,13-14H,11-12,15-16H2,1-5H3,(H,23,26). The van der Waals surface area contributed by atoms with Gasteiger partial charge in [0.25, 0.3) is 0 Å². The molecule has 164 valence electrons. The molecule has 1 amide bonds. The third-order valence-electron chi connectivity index (χ3n) is 4.58. The lowest BCUT2D eigenvalue weighted by Gasteiger charge is -2.28. The van der Waals surface area contributed by atoms with Crippen LogP contribution in [0.5, 0.6) is 0 Å². The Bertz CT molecular complexity index is 975. The zero-order valence-corrected chi connectivity index (χ0v) is 19.9. The summed E-state index contributed by atoms with van der Waals surface area (Å²) >= 11 is 1.73. The number of thioether (sulfide) groups is 1. The average Bonchev–Trinajstić information content (AvgIpc) is 2.67. The normalized spacial score (nSPS) is 11.5. The SMILES string of the molecule is Cc1cccc(CSCCNC(=O)CN(c2cc(C)ccc2C)S(=O)(=O)N(C)C)c1. The van der Waals surface area contributed by atoms with Crippen LogP contribution in [-0.4, -0.2) is 51.6 Å². The van der Waals surface area contributed by atoms with Gasteiger partial charge in [-0.3, -0.25) is 4.79 Å². The van der Waals surface area contributed by atoms with Crippen LogP contribution in [0.1, 0.15) is 22.3 Å². The third kappa shape index (κ3) is 6.75. The number of aryl methyl sites for hydroxylation is 3. The van der Waals surface area contributed by atoms with Crippen molar-refractivity contribution in [2.75, 3.05) is 37.2 Å². The third-order valence-corrected chi connectivity index (χ3v) is 7.42. The van der Waals surface area contributed by atoms with Gasteiger partial charge in [-0.05, 0) is 43.5 Å². The number of benzene rings is 2. The summed E-state index contributed by atoms with van der Waals surface area (Å²) in [6, 6.07) is 13.9. The highest BCUT2D eigenvalue weighted by Crippen LogP contribution is 2.25. The molecule has 0 bridgehead atoms. The average molecular weight is 450 g/mol. The molecule has 2 rings (SSSR count). The highest BCUT2D eigenvalue weighted by Gasteiger charge is 2.28. The van der Waals surface area contributed by atoms with E-state index in [9.17, 15) is 13.2 Å². The first-order valence-corrected chi connectivity index (χ1v) is 12.3. The Hall–Kier alpha value is -2.03. The first-order chi connectivity index (χ1) is 14.1. The van der Waals surface area contributed by atoms with Gasteiger partial charge in [-0.2, -0.15) is 24.5 Å². The summed E-state index contributed by atoms with van der Waals surface area (Å²) in [5, 5.41) is 2.84. The summed E-state index contributed by atoms with van der Waals surface area (Å²) in [5.74, 6) is 1.31. The summed E-state index contributed by atoms with van der Waals surface area (Å²) in [4.78, 5) is 12.5. The minimum Gasteiger partial charge on any atom is -0.354 e. The number of carbonyl (C=O) groups excluding carboxylic acids is 1. The Labute approximate surface area is 184 Å². The molecule has 30 heavy (non-hydrogen) atoms. The topological polar surface area (TPSA) is 69.7 Å². The Kier molecular flexibility index (Phi) is 8.76. The van der Waals surface area contributed by atoms with Crippen LogP contribution in [0.3, 0.4) is 0 Å². The van der Waals surface area contributed by atoms with E-state index in [0.717, 1.165) is 26.9 Å². The molecule has 2 aromatic carbocycles. The van der Waals surface area contributed by atoms with E-state index in [-0.39, 0.29) is 12.5 Å². The minimum absolute atomic E-state index is 0.257. The van der Waals surface area contributed by atoms with E-state index in [4.69, 9.17) is 0 Å². The largest absolute Gasteiger partial charge is 0.354 e. The van der Waals surface area contributed by atoms with Crippen molar-refractivity contribution in [1.82, 2.24) is 9.62 Å². The number of amides is 1. The van der Waals surface area contributed by atoms with Gasteiger partial charge in [0.05, 0.1) is 5.69 Å². The van der Waals surface area contributed by atoms with Crippen LogP contribution >= 0.6 is 11.8 Å². The molecule has 1 N–H and O–H groups in total. The number of nitrogens with zero attached hydrogens (tertiary/aromatic N) is 2. The molecule has 0 unspecified atom stereocenters. The fourth-order valence-electron chi connectivity index (χ4n) is 2.92. The fraction of sp³-hybridized carbons (Fsp3) is 0.409. The van der Waals surface area contributed by atoms with E-state index in [2.05, 4.69) is 30.4 Å². The quantitative estimate of drug-likeness (QED) is 0.565. The molecule has 0 fully saturated rings. The summed E-state index contributed by atoms with van der Waals surface area (Å²) < 4.78 is 28.0. The number of nitrogens with one attached hydrogen (secondary N) is 1. The molecular formula is C22H31N3O3S2. The van der Waals surface area contributed by atoms with E-state index < -0.39 is 10.2 Å². The highest BCUT2D eigenvalue weighted by atomic mass is 32.2. The van der Waals surface area contributed by atoms with Crippen molar-refractivity contribution in [3.63, 3.8) is 0 Å². The molecule has 0 aromatic heterocycles. The number of hydrogen-bond acceptors (Lipinski definition) is 4. The molecule has 0 saturated heterocycles. The van der Waals surface area contributed by atoms with Crippen molar-refractivity contribution < 1.29 is 13.2 Å². The predicted molar refractivity (Wildman–Crippen MR) is 126 cm³/mol. The van der Waals surface area contributed by atoms with Gasteiger partial charge in [0.15, 0.2) is 0 Å². The van der Waals surface area contributed by atoms with E-state index in [1.807, 2.05) is 32.0 Å². The molecule has 0 heterocycles. The Balaban J connectivity index is 1.97. The van der Waals surface area contributed by atoms with Crippen molar-refractivity contribution in [1.29, 1.82) is 0 Å². The van der Waals surface area contributed by atoms with Gasteiger partial charge in [-0.25, -0.2) is 4.31 Å². The summed E-state index contributed by atoms with van der Waals surface area (Å²) in [7, 11) is -0.870. The molecule has 0 aliphatic carbocycles. The lowest BCUT2D eigenvalue weighted by atomic mass is 10.1. The second kappa shape index (κ2) is 10.8. The van der Waals surface area contributed by atoms with E-state index in [0.29, 0.717) is 12.2 Å². The van der Waals surface area contributed by atoms with E-state index in [1.54, 1.807) is 17.8 Å². The summed E-state index contributed by atoms with van der Waals surface area (Å²) in [6.45, 7) is 6.03. The molecule has 0 spiro atoms. The van der Waals surface area contributed by atoms with Crippen molar-refractivity contribution in [2.45, 2.75) is 26.5 Å². The van der Waals surface area contributed by atoms with Crippen molar-refractivity contribution in [3.05, 3.63) is 64.7 Å². The number of rotatable bonds is 10.